The van der Waals surface area contributed by atoms with Gasteiger partial charge in [-0.25, -0.2) is 0 Å². The summed E-state index contributed by atoms with van der Waals surface area (Å²) in [5.74, 6) is -0.0304. The zero-order valence-corrected chi connectivity index (χ0v) is 12.1. The standard InChI is InChI=1S/C13H25N3O3/c1-4-16(5-2)13(18)9-15(3)12(17)8-11-10-19-7-6-14-11/h11,14H,4-10H2,1-3H3. The molecule has 110 valence electrons. The third kappa shape index (κ3) is 5.16. The van der Waals surface area contributed by atoms with E-state index in [1.54, 1.807) is 11.9 Å². The first-order valence-corrected chi connectivity index (χ1v) is 6.91. The molecule has 1 heterocycles. The number of morpholine rings is 1. The number of ether oxygens (including phenoxy) is 1. The molecular weight excluding hydrogens is 246 g/mol. The summed E-state index contributed by atoms with van der Waals surface area (Å²) >= 11 is 0. The molecule has 1 fully saturated rings. The second-order valence-corrected chi connectivity index (χ2v) is 4.75. The summed E-state index contributed by atoms with van der Waals surface area (Å²) in [5.41, 5.74) is 0. The van der Waals surface area contributed by atoms with E-state index in [1.165, 1.54) is 4.90 Å². The van der Waals surface area contributed by atoms with Gasteiger partial charge in [0, 0.05) is 39.1 Å². The summed E-state index contributed by atoms with van der Waals surface area (Å²) in [6.45, 7) is 7.41. The van der Waals surface area contributed by atoms with Crippen molar-refractivity contribution in [2.45, 2.75) is 26.3 Å². The summed E-state index contributed by atoms with van der Waals surface area (Å²) in [6.07, 6.45) is 0.377. The maximum absolute atomic E-state index is 12.0. The second-order valence-electron chi connectivity index (χ2n) is 4.75. The number of hydrogen-bond acceptors (Lipinski definition) is 4. The van der Waals surface area contributed by atoms with E-state index in [9.17, 15) is 9.59 Å². The average Bonchev–Trinajstić information content (AvgIpc) is 2.41. The third-order valence-corrected chi connectivity index (χ3v) is 3.33. The van der Waals surface area contributed by atoms with Gasteiger partial charge in [0.1, 0.15) is 0 Å². The Morgan fingerprint density at radius 3 is 2.47 bits per heavy atom. The number of likely N-dealkylation sites (N-methyl/N-ethyl adjacent to an activating group) is 2. The van der Waals surface area contributed by atoms with Gasteiger partial charge in [-0.15, -0.1) is 0 Å². The number of rotatable bonds is 6. The van der Waals surface area contributed by atoms with E-state index < -0.39 is 0 Å². The van der Waals surface area contributed by atoms with Crippen LogP contribution in [-0.4, -0.2) is 74.1 Å². The van der Waals surface area contributed by atoms with Gasteiger partial charge in [0.2, 0.25) is 11.8 Å². The van der Waals surface area contributed by atoms with Crippen molar-refractivity contribution in [3.05, 3.63) is 0 Å². The van der Waals surface area contributed by atoms with Crippen molar-refractivity contribution < 1.29 is 14.3 Å². The van der Waals surface area contributed by atoms with Gasteiger partial charge < -0.3 is 19.9 Å². The monoisotopic (exact) mass is 271 g/mol. The molecule has 1 aliphatic heterocycles. The van der Waals surface area contributed by atoms with E-state index in [0.29, 0.717) is 32.7 Å². The molecule has 0 spiro atoms. The first kappa shape index (κ1) is 15.9. The number of nitrogens with zero attached hydrogens (tertiary/aromatic N) is 2. The van der Waals surface area contributed by atoms with Gasteiger partial charge in [0.15, 0.2) is 0 Å². The molecule has 0 radical (unpaired) electrons. The smallest absolute Gasteiger partial charge is 0.242 e. The van der Waals surface area contributed by atoms with Crippen molar-refractivity contribution in [1.82, 2.24) is 15.1 Å². The predicted molar refractivity (Wildman–Crippen MR) is 72.8 cm³/mol. The van der Waals surface area contributed by atoms with Crippen LogP contribution in [0.5, 0.6) is 0 Å². The molecule has 1 aliphatic rings. The van der Waals surface area contributed by atoms with Crippen LogP contribution in [0, 0.1) is 0 Å². The van der Waals surface area contributed by atoms with Gasteiger partial charge in [-0.3, -0.25) is 9.59 Å². The summed E-state index contributed by atoms with van der Waals surface area (Å²) in [6, 6.07) is 0.0623. The molecule has 6 nitrogen and oxygen atoms in total. The summed E-state index contributed by atoms with van der Waals surface area (Å²) in [4.78, 5) is 27.1. The number of carbonyl (C=O) groups excluding carboxylic acids is 2. The van der Waals surface area contributed by atoms with Gasteiger partial charge in [0.25, 0.3) is 0 Å². The summed E-state index contributed by atoms with van der Waals surface area (Å²) < 4.78 is 5.31. The molecule has 1 unspecified atom stereocenters. The van der Waals surface area contributed by atoms with Crippen LogP contribution in [0.3, 0.4) is 0 Å². The zero-order chi connectivity index (χ0) is 14.3. The highest BCUT2D eigenvalue weighted by Crippen LogP contribution is 2.02. The largest absolute Gasteiger partial charge is 0.378 e. The van der Waals surface area contributed by atoms with E-state index in [4.69, 9.17) is 4.74 Å². The van der Waals surface area contributed by atoms with Crippen molar-refractivity contribution in [1.29, 1.82) is 0 Å². The van der Waals surface area contributed by atoms with Crippen LogP contribution in [0.15, 0.2) is 0 Å². The lowest BCUT2D eigenvalue weighted by Crippen LogP contribution is -2.46. The Hall–Kier alpha value is -1.14. The Morgan fingerprint density at radius 2 is 1.95 bits per heavy atom. The Bertz CT molecular complexity index is 300. The maximum atomic E-state index is 12.0. The van der Waals surface area contributed by atoms with Gasteiger partial charge in [-0.2, -0.15) is 0 Å². The lowest BCUT2D eigenvalue weighted by Gasteiger charge is -2.27. The van der Waals surface area contributed by atoms with Crippen LogP contribution < -0.4 is 5.32 Å². The minimum absolute atomic E-state index is 0.00583. The van der Waals surface area contributed by atoms with Crippen molar-refractivity contribution >= 4 is 11.8 Å². The average molecular weight is 271 g/mol. The molecule has 19 heavy (non-hydrogen) atoms. The zero-order valence-electron chi connectivity index (χ0n) is 12.1. The Balaban J connectivity index is 2.37. The molecule has 0 aromatic carbocycles. The Morgan fingerprint density at radius 1 is 1.26 bits per heavy atom. The molecule has 0 aromatic rings. The van der Waals surface area contributed by atoms with E-state index in [0.717, 1.165) is 6.54 Å². The minimum Gasteiger partial charge on any atom is -0.378 e. The fourth-order valence-corrected chi connectivity index (χ4v) is 2.08. The fraction of sp³-hybridized carbons (Fsp3) is 0.846. The molecule has 0 bridgehead atoms. The van der Waals surface area contributed by atoms with Gasteiger partial charge >= 0.3 is 0 Å². The quantitative estimate of drug-likeness (QED) is 0.720. The number of carbonyl (C=O) groups is 2. The van der Waals surface area contributed by atoms with Crippen molar-refractivity contribution in [3.8, 4) is 0 Å². The summed E-state index contributed by atoms with van der Waals surface area (Å²) in [5, 5.41) is 3.24. The van der Waals surface area contributed by atoms with Crippen LogP contribution in [0.25, 0.3) is 0 Å². The molecule has 0 saturated carbocycles. The molecule has 1 atom stereocenters. The Kier molecular flexibility index (Phi) is 6.80. The highest BCUT2D eigenvalue weighted by atomic mass is 16.5. The van der Waals surface area contributed by atoms with Crippen LogP contribution in [0.1, 0.15) is 20.3 Å². The number of nitrogens with one attached hydrogen (secondary N) is 1. The van der Waals surface area contributed by atoms with Crippen molar-refractivity contribution in [2.24, 2.45) is 0 Å². The highest BCUT2D eigenvalue weighted by Gasteiger charge is 2.21. The summed E-state index contributed by atoms with van der Waals surface area (Å²) in [7, 11) is 1.67. The van der Waals surface area contributed by atoms with Crippen LogP contribution in [0.4, 0.5) is 0 Å². The molecule has 0 aliphatic carbocycles. The molecule has 1 rings (SSSR count). The lowest BCUT2D eigenvalue weighted by molar-refractivity contribution is -0.139. The van der Waals surface area contributed by atoms with Crippen LogP contribution >= 0.6 is 0 Å². The van der Waals surface area contributed by atoms with Crippen molar-refractivity contribution in [2.75, 3.05) is 46.4 Å². The Labute approximate surface area is 115 Å². The minimum atomic E-state index is -0.0245. The van der Waals surface area contributed by atoms with E-state index in [2.05, 4.69) is 5.32 Å². The maximum Gasteiger partial charge on any atom is 0.242 e. The SMILES string of the molecule is CCN(CC)C(=O)CN(C)C(=O)CC1COCCN1. The number of hydrogen-bond donors (Lipinski definition) is 1. The topological polar surface area (TPSA) is 61.9 Å². The van der Waals surface area contributed by atoms with E-state index in [1.807, 2.05) is 13.8 Å². The molecule has 2 amide bonds. The van der Waals surface area contributed by atoms with Gasteiger partial charge in [0.05, 0.1) is 19.8 Å². The lowest BCUT2D eigenvalue weighted by atomic mass is 10.2. The predicted octanol–water partition coefficient (Wildman–Crippen LogP) is -0.308. The highest BCUT2D eigenvalue weighted by molar-refractivity contribution is 5.84. The van der Waals surface area contributed by atoms with E-state index in [-0.39, 0.29) is 24.4 Å². The second kappa shape index (κ2) is 8.12. The molecule has 1 N–H and O–H groups in total. The fourth-order valence-electron chi connectivity index (χ4n) is 2.08. The molecule has 6 heteroatoms. The van der Waals surface area contributed by atoms with Crippen molar-refractivity contribution in [3.63, 3.8) is 0 Å². The molecule has 0 aromatic heterocycles. The van der Waals surface area contributed by atoms with Crippen LogP contribution in [0.2, 0.25) is 0 Å². The number of amides is 2. The molecule has 1 saturated heterocycles. The van der Waals surface area contributed by atoms with E-state index >= 15 is 0 Å². The first-order valence-electron chi connectivity index (χ1n) is 6.91. The van der Waals surface area contributed by atoms with Crippen LogP contribution in [-0.2, 0) is 14.3 Å². The first-order chi connectivity index (χ1) is 9.08. The van der Waals surface area contributed by atoms with Gasteiger partial charge in [-0.05, 0) is 13.8 Å². The third-order valence-electron chi connectivity index (χ3n) is 3.33. The normalized spacial score (nSPS) is 19.0. The van der Waals surface area contributed by atoms with Gasteiger partial charge in [-0.1, -0.05) is 0 Å². The molecular formula is C13H25N3O3.